The van der Waals surface area contributed by atoms with Gasteiger partial charge < -0.3 is 9.94 Å². The summed E-state index contributed by atoms with van der Waals surface area (Å²) in [6.07, 6.45) is 3.73. The van der Waals surface area contributed by atoms with Gasteiger partial charge in [0.2, 0.25) is 0 Å². The van der Waals surface area contributed by atoms with Gasteiger partial charge in [0.1, 0.15) is 12.4 Å². The molecule has 0 saturated heterocycles. The molecule has 2 aromatic carbocycles. The molecule has 0 bridgehead atoms. The maximum Gasteiger partial charge on any atom is 0.119 e. The van der Waals surface area contributed by atoms with Gasteiger partial charge in [-0.25, -0.2) is 5.48 Å². The highest BCUT2D eigenvalue weighted by atomic mass is 35.5. The third-order valence-corrected chi connectivity index (χ3v) is 3.53. The first-order valence-corrected chi connectivity index (χ1v) is 7.15. The van der Waals surface area contributed by atoms with Crippen LogP contribution in [0.2, 0.25) is 10.0 Å². The van der Waals surface area contributed by atoms with Gasteiger partial charge in [0, 0.05) is 6.54 Å². The summed E-state index contributed by atoms with van der Waals surface area (Å²) >= 11 is 11.8. The maximum atomic E-state index is 8.46. The molecule has 0 aliphatic heterocycles. The Balaban J connectivity index is 1.92. The van der Waals surface area contributed by atoms with Crippen molar-refractivity contribution >= 4 is 29.3 Å². The number of hydrogen-bond donors (Lipinski definition) is 2. The average molecular weight is 324 g/mol. The highest BCUT2D eigenvalue weighted by Gasteiger charge is 2.00. The van der Waals surface area contributed by atoms with Crippen molar-refractivity contribution in [3.8, 4) is 5.75 Å². The molecule has 0 aromatic heterocycles. The molecule has 110 valence electrons. The van der Waals surface area contributed by atoms with Crippen LogP contribution in [-0.2, 0) is 6.61 Å². The molecule has 0 fully saturated rings. The van der Waals surface area contributed by atoms with Gasteiger partial charge in [0.05, 0.1) is 10.0 Å². The SMILES string of the molecule is ONCC=Cc1ccc(OCc2ccc(Cl)c(Cl)c2)cc1. The normalized spacial score (nSPS) is 11.0. The lowest BCUT2D eigenvalue weighted by Crippen LogP contribution is -2.04. The van der Waals surface area contributed by atoms with Crippen molar-refractivity contribution in [3.05, 3.63) is 69.7 Å². The quantitative estimate of drug-likeness (QED) is 0.765. The smallest absolute Gasteiger partial charge is 0.119 e. The zero-order valence-electron chi connectivity index (χ0n) is 11.2. The van der Waals surface area contributed by atoms with Gasteiger partial charge in [-0.05, 0) is 35.4 Å². The van der Waals surface area contributed by atoms with E-state index in [2.05, 4.69) is 5.48 Å². The van der Waals surface area contributed by atoms with Crippen LogP contribution in [-0.4, -0.2) is 11.8 Å². The van der Waals surface area contributed by atoms with E-state index in [0.29, 0.717) is 23.2 Å². The van der Waals surface area contributed by atoms with Gasteiger partial charge in [-0.2, -0.15) is 0 Å². The average Bonchev–Trinajstić information content (AvgIpc) is 2.50. The minimum absolute atomic E-state index is 0.412. The van der Waals surface area contributed by atoms with Crippen LogP contribution in [0.1, 0.15) is 11.1 Å². The predicted octanol–water partition coefficient (Wildman–Crippen LogP) is 4.56. The molecule has 3 nitrogen and oxygen atoms in total. The van der Waals surface area contributed by atoms with Crippen LogP contribution in [0.5, 0.6) is 5.75 Å². The second-order valence-electron chi connectivity index (χ2n) is 4.37. The summed E-state index contributed by atoms with van der Waals surface area (Å²) in [5, 5.41) is 9.52. The zero-order valence-corrected chi connectivity index (χ0v) is 12.7. The Morgan fingerprint density at radius 1 is 1.05 bits per heavy atom. The van der Waals surface area contributed by atoms with E-state index in [1.54, 1.807) is 12.1 Å². The summed E-state index contributed by atoms with van der Waals surface area (Å²) in [5.74, 6) is 0.776. The standard InChI is InChI=1S/C16H15Cl2NO2/c17-15-8-5-13(10-16(15)18)11-21-14-6-3-12(4-7-14)2-1-9-19-20/h1-8,10,19-20H,9,11H2. The van der Waals surface area contributed by atoms with Crippen molar-refractivity contribution in [3.63, 3.8) is 0 Å². The van der Waals surface area contributed by atoms with Gasteiger partial charge in [0.15, 0.2) is 0 Å². The Hall–Kier alpha value is -1.52. The van der Waals surface area contributed by atoms with E-state index in [4.69, 9.17) is 33.1 Å². The van der Waals surface area contributed by atoms with Gasteiger partial charge in [-0.1, -0.05) is 53.6 Å². The molecule has 2 aromatic rings. The number of halogens is 2. The van der Waals surface area contributed by atoms with Gasteiger partial charge in [-0.15, -0.1) is 0 Å². The van der Waals surface area contributed by atoms with E-state index in [9.17, 15) is 0 Å². The Morgan fingerprint density at radius 2 is 1.81 bits per heavy atom. The maximum absolute atomic E-state index is 8.46. The summed E-state index contributed by atoms with van der Waals surface area (Å²) in [6, 6.07) is 13.1. The van der Waals surface area contributed by atoms with Crippen molar-refractivity contribution < 1.29 is 9.94 Å². The molecule has 5 heteroatoms. The molecule has 0 atom stereocenters. The Kier molecular flexibility index (Phi) is 6.08. The zero-order chi connectivity index (χ0) is 15.1. The topological polar surface area (TPSA) is 41.5 Å². The molecular formula is C16H15Cl2NO2. The third kappa shape index (κ3) is 5.06. The van der Waals surface area contributed by atoms with Crippen LogP contribution in [0.3, 0.4) is 0 Å². The minimum atomic E-state index is 0.412. The predicted molar refractivity (Wildman–Crippen MR) is 86.1 cm³/mol. The van der Waals surface area contributed by atoms with Crippen LogP contribution >= 0.6 is 23.2 Å². The molecule has 0 spiro atoms. The van der Waals surface area contributed by atoms with E-state index >= 15 is 0 Å². The Labute approximate surface area is 133 Å². The molecule has 0 aliphatic carbocycles. The van der Waals surface area contributed by atoms with Gasteiger partial charge in [-0.3, -0.25) is 0 Å². The van der Waals surface area contributed by atoms with Gasteiger partial charge in [0.25, 0.3) is 0 Å². The lowest BCUT2D eigenvalue weighted by atomic mass is 10.2. The molecule has 0 heterocycles. The van der Waals surface area contributed by atoms with Gasteiger partial charge >= 0.3 is 0 Å². The first kappa shape index (κ1) is 15.9. The Morgan fingerprint density at radius 3 is 2.48 bits per heavy atom. The molecule has 0 saturated carbocycles. The van der Waals surface area contributed by atoms with Crippen molar-refractivity contribution in [1.29, 1.82) is 0 Å². The molecule has 2 N–H and O–H groups in total. The summed E-state index contributed by atoms with van der Waals surface area (Å²) in [4.78, 5) is 0. The molecule has 2 rings (SSSR count). The lowest BCUT2D eigenvalue weighted by molar-refractivity contribution is 0.180. The third-order valence-electron chi connectivity index (χ3n) is 2.79. The van der Waals surface area contributed by atoms with Crippen molar-refractivity contribution in [2.75, 3.05) is 6.54 Å². The largest absolute Gasteiger partial charge is 0.489 e. The highest BCUT2D eigenvalue weighted by Crippen LogP contribution is 2.23. The van der Waals surface area contributed by atoms with E-state index < -0.39 is 0 Å². The summed E-state index contributed by atoms with van der Waals surface area (Å²) in [7, 11) is 0. The van der Waals surface area contributed by atoms with Crippen molar-refractivity contribution in [2.45, 2.75) is 6.61 Å². The fourth-order valence-electron chi connectivity index (χ4n) is 1.72. The van der Waals surface area contributed by atoms with Crippen molar-refractivity contribution in [1.82, 2.24) is 5.48 Å². The summed E-state index contributed by atoms with van der Waals surface area (Å²) in [6.45, 7) is 0.843. The number of rotatable bonds is 6. The summed E-state index contributed by atoms with van der Waals surface area (Å²) in [5.41, 5.74) is 4.06. The fourth-order valence-corrected chi connectivity index (χ4v) is 2.04. The van der Waals surface area contributed by atoms with Crippen LogP contribution in [0.15, 0.2) is 48.5 Å². The lowest BCUT2D eigenvalue weighted by Gasteiger charge is -2.07. The molecule has 0 amide bonds. The van der Waals surface area contributed by atoms with E-state index in [1.165, 1.54) is 0 Å². The molecule has 0 unspecified atom stereocenters. The first-order valence-electron chi connectivity index (χ1n) is 6.39. The monoisotopic (exact) mass is 323 g/mol. The van der Waals surface area contributed by atoms with Crippen LogP contribution in [0, 0.1) is 0 Å². The van der Waals surface area contributed by atoms with Crippen molar-refractivity contribution in [2.24, 2.45) is 0 Å². The number of hydrogen-bond acceptors (Lipinski definition) is 3. The first-order chi connectivity index (χ1) is 10.2. The molecule has 0 radical (unpaired) electrons. The molecule has 21 heavy (non-hydrogen) atoms. The fraction of sp³-hybridized carbons (Fsp3) is 0.125. The van der Waals surface area contributed by atoms with E-state index in [1.807, 2.05) is 42.5 Å². The Bertz CT molecular complexity index is 612. The second-order valence-corrected chi connectivity index (χ2v) is 5.19. The highest BCUT2D eigenvalue weighted by molar-refractivity contribution is 6.42. The van der Waals surface area contributed by atoms with Crippen LogP contribution in [0.25, 0.3) is 6.08 Å². The van der Waals surface area contributed by atoms with Crippen LogP contribution < -0.4 is 10.2 Å². The summed E-state index contributed by atoms with van der Waals surface area (Å²) < 4.78 is 5.69. The van der Waals surface area contributed by atoms with E-state index in [0.717, 1.165) is 16.9 Å². The number of ether oxygens (including phenoxy) is 1. The number of benzene rings is 2. The number of hydroxylamine groups is 1. The number of nitrogens with one attached hydrogen (secondary N) is 1. The second kappa shape index (κ2) is 8.05. The minimum Gasteiger partial charge on any atom is -0.489 e. The van der Waals surface area contributed by atoms with E-state index in [-0.39, 0.29) is 0 Å². The van der Waals surface area contributed by atoms with Crippen LogP contribution in [0.4, 0.5) is 0 Å². The molecule has 0 aliphatic rings. The molecular weight excluding hydrogens is 309 g/mol.